The van der Waals surface area contributed by atoms with E-state index in [0.717, 1.165) is 5.75 Å². The molecule has 1 nitrogen and oxygen atoms in total. The smallest absolute Gasteiger partial charge is 0.00374 e. The second-order valence-electron chi connectivity index (χ2n) is 6.79. The fraction of sp³-hybridized carbons (Fsp3) is 1.00. The first-order valence-corrected chi connectivity index (χ1v) is 10.7. The summed E-state index contributed by atoms with van der Waals surface area (Å²) in [6, 6.07) is 0. The summed E-state index contributed by atoms with van der Waals surface area (Å²) in [4.78, 5) is 2.71. The highest BCUT2D eigenvalue weighted by atomic mass is 32.1. The summed E-state index contributed by atoms with van der Waals surface area (Å²) in [5, 5.41) is 0. The number of hydrogen-bond acceptors (Lipinski definition) is 1. The van der Waals surface area contributed by atoms with Crippen LogP contribution in [0, 0.1) is 0 Å². The SMILES string of the molecule is CCCCCCCCN(CCCC[S])CCCCCCCC. The van der Waals surface area contributed by atoms with Crippen LogP contribution < -0.4 is 0 Å². The highest BCUT2D eigenvalue weighted by Crippen LogP contribution is 2.09. The van der Waals surface area contributed by atoms with E-state index in [4.69, 9.17) is 12.6 Å². The lowest BCUT2D eigenvalue weighted by Gasteiger charge is -2.22. The fourth-order valence-corrected chi connectivity index (χ4v) is 3.21. The molecule has 1 radical (unpaired) electrons. The van der Waals surface area contributed by atoms with Crippen molar-refractivity contribution in [2.24, 2.45) is 0 Å². The first kappa shape index (κ1) is 22.3. The van der Waals surface area contributed by atoms with Gasteiger partial charge < -0.3 is 4.90 Å². The predicted octanol–water partition coefficient (Wildman–Crippen LogP) is 6.99. The number of nitrogens with zero attached hydrogens (tertiary/aromatic N) is 1. The molecule has 0 aromatic heterocycles. The molecule has 0 aliphatic heterocycles. The molecule has 0 saturated carbocycles. The van der Waals surface area contributed by atoms with Gasteiger partial charge in [-0.25, -0.2) is 0 Å². The third kappa shape index (κ3) is 16.7. The van der Waals surface area contributed by atoms with Gasteiger partial charge in [-0.15, -0.1) is 0 Å². The Morgan fingerprint density at radius 1 is 0.500 bits per heavy atom. The maximum atomic E-state index is 5.08. The molecule has 2 heteroatoms. The Labute approximate surface area is 147 Å². The molecular weight excluding hydrogens is 286 g/mol. The van der Waals surface area contributed by atoms with Gasteiger partial charge in [0.05, 0.1) is 0 Å². The molecule has 0 fully saturated rings. The Balaban J connectivity index is 3.65. The van der Waals surface area contributed by atoms with Crippen LogP contribution in [0.1, 0.15) is 104 Å². The third-order valence-electron chi connectivity index (χ3n) is 4.52. The first-order chi connectivity index (χ1) is 10.8. The van der Waals surface area contributed by atoms with Crippen LogP contribution in [0.4, 0.5) is 0 Å². The molecule has 0 aromatic carbocycles. The molecule has 0 saturated heterocycles. The molecule has 0 aliphatic rings. The van der Waals surface area contributed by atoms with E-state index in [9.17, 15) is 0 Å². The highest BCUT2D eigenvalue weighted by molar-refractivity contribution is 7.80. The van der Waals surface area contributed by atoms with Gasteiger partial charge in [-0.1, -0.05) is 90.7 Å². The first-order valence-electron chi connectivity index (χ1n) is 10.2. The minimum Gasteiger partial charge on any atom is -0.303 e. The van der Waals surface area contributed by atoms with Crippen molar-refractivity contribution >= 4 is 12.6 Å². The minimum atomic E-state index is 0.932. The summed E-state index contributed by atoms with van der Waals surface area (Å²) in [6.07, 6.45) is 19.4. The molecule has 0 bridgehead atoms. The van der Waals surface area contributed by atoms with Gasteiger partial charge in [-0.05, 0) is 45.3 Å². The van der Waals surface area contributed by atoms with E-state index in [1.807, 2.05) is 0 Å². The molecule has 0 unspecified atom stereocenters. The van der Waals surface area contributed by atoms with Gasteiger partial charge in [0.25, 0.3) is 0 Å². The Morgan fingerprint density at radius 2 is 0.864 bits per heavy atom. The highest BCUT2D eigenvalue weighted by Gasteiger charge is 2.04. The van der Waals surface area contributed by atoms with Gasteiger partial charge in [0.2, 0.25) is 0 Å². The quantitative estimate of drug-likeness (QED) is 0.245. The Bertz CT molecular complexity index is 180. The number of hydrogen-bond donors (Lipinski definition) is 0. The lowest BCUT2D eigenvalue weighted by Crippen LogP contribution is -2.27. The summed E-state index contributed by atoms with van der Waals surface area (Å²) < 4.78 is 0. The summed E-state index contributed by atoms with van der Waals surface area (Å²) in [5.74, 6) is 0.932. The normalized spacial score (nSPS) is 11.5. The maximum absolute atomic E-state index is 5.08. The van der Waals surface area contributed by atoms with Crippen LogP contribution >= 0.6 is 12.6 Å². The number of rotatable bonds is 18. The van der Waals surface area contributed by atoms with E-state index in [1.165, 1.54) is 110 Å². The Morgan fingerprint density at radius 3 is 1.27 bits per heavy atom. The van der Waals surface area contributed by atoms with Gasteiger partial charge in [-0.3, -0.25) is 0 Å². The maximum Gasteiger partial charge on any atom is 0.00374 e. The standard InChI is InChI=1S/C20H42NS/c1-3-5-7-9-11-13-17-21(19-15-16-20-22)18-14-12-10-8-6-4-2/h3-20H2,1-2H3. The van der Waals surface area contributed by atoms with Crippen molar-refractivity contribution in [2.75, 3.05) is 25.4 Å². The topological polar surface area (TPSA) is 3.24 Å². The van der Waals surface area contributed by atoms with Crippen molar-refractivity contribution in [3.8, 4) is 0 Å². The van der Waals surface area contributed by atoms with E-state index in [-0.39, 0.29) is 0 Å². The van der Waals surface area contributed by atoms with Crippen LogP contribution in [0.3, 0.4) is 0 Å². The van der Waals surface area contributed by atoms with Crippen molar-refractivity contribution in [3.63, 3.8) is 0 Å². The fourth-order valence-electron chi connectivity index (χ4n) is 3.00. The molecule has 0 spiro atoms. The van der Waals surface area contributed by atoms with E-state index < -0.39 is 0 Å². The van der Waals surface area contributed by atoms with E-state index >= 15 is 0 Å². The summed E-state index contributed by atoms with van der Waals surface area (Å²) in [5.41, 5.74) is 0. The zero-order valence-corrected chi connectivity index (χ0v) is 16.4. The molecule has 0 N–H and O–H groups in total. The molecule has 0 aliphatic carbocycles. The van der Waals surface area contributed by atoms with Crippen LogP contribution in [0.5, 0.6) is 0 Å². The lowest BCUT2D eigenvalue weighted by molar-refractivity contribution is 0.256. The third-order valence-corrected chi connectivity index (χ3v) is 4.81. The van der Waals surface area contributed by atoms with Crippen molar-refractivity contribution in [1.29, 1.82) is 0 Å². The monoisotopic (exact) mass is 328 g/mol. The van der Waals surface area contributed by atoms with Crippen LogP contribution in [0.2, 0.25) is 0 Å². The molecule has 0 atom stereocenters. The Kier molecular flexibility index (Phi) is 19.6. The van der Waals surface area contributed by atoms with E-state index in [1.54, 1.807) is 0 Å². The van der Waals surface area contributed by atoms with Crippen LogP contribution in [-0.2, 0) is 0 Å². The average Bonchev–Trinajstić information content (AvgIpc) is 2.53. The minimum absolute atomic E-state index is 0.932. The van der Waals surface area contributed by atoms with Gasteiger partial charge >= 0.3 is 0 Å². The predicted molar refractivity (Wildman–Crippen MR) is 105 cm³/mol. The van der Waals surface area contributed by atoms with Crippen LogP contribution in [-0.4, -0.2) is 30.3 Å². The Hall–Kier alpha value is 0.310. The second kappa shape index (κ2) is 19.4. The van der Waals surface area contributed by atoms with Crippen LogP contribution in [0.25, 0.3) is 0 Å². The summed E-state index contributed by atoms with van der Waals surface area (Å²) in [6.45, 7) is 8.50. The van der Waals surface area contributed by atoms with Gasteiger partial charge in [-0.2, -0.15) is 0 Å². The van der Waals surface area contributed by atoms with Gasteiger partial charge in [0.15, 0.2) is 0 Å². The molecular formula is C20H42NS. The zero-order valence-electron chi connectivity index (χ0n) is 15.6. The summed E-state index contributed by atoms with van der Waals surface area (Å²) in [7, 11) is 0. The molecule has 0 amide bonds. The van der Waals surface area contributed by atoms with Crippen molar-refractivity contribution in [3.05, 3.63) is 0 Å². The molecule has 0 aromatic rings. The molecule has 0 heterocycles. The molecule has 22 heavy (non-hydrogen) atoms. The average molecular weight is 329 g/mol. The van der Waals surface area contributed by atoms with Gasteiger partial charge in [0, 0.05) is 5.75 Å². The van der Waals surface area contributed by atoms with Crippen LogP contribution in [0.15, 0.2) is 0 Å². The van der Waals surface area contributed by atoms with E-state index in [2.05, 4.69) is 18.7 Å². The van der Waals surface area contributed by atoms with E-state index in [0.29, 0.717) is 0 Å². The van der Waals surface area contributed by atoms with Gasteiger partial charge in [0.1, 0.15) is 0 Å². The van der Waals surface area contributed by atoms with Crippen molar-refractivity contribution in [2.45, 2.75) is 104 Å². The van der Waals surface area contributed by atoms with Crippen molar-refractivity contribution < 1.29 is 0 Å². The zero-order chi connectivity index (χ0) is 16.3. The molecule has 133 valence electrons. The lowest BCUT2D eigenvalue weighted by atomic mass is 10.1. The summed E-state index contributed by atoms with van der Waals surface area (Å²) >= 11 is 5.08. The molecule has 0 rings (SSSR count). The van der Waals surface area contributed by atoms with Crippen molar-refractivity contribution in [1.82, 2.24) is 4.90 Å². The second-order valence-corrected chi connectivity index (χ2v) is 7.20. The number of unbranched alkanes of at least 4 members (excludes halogenated alkanes) is 11. The largest absolute Gasteiger partial charge is 0.303 e.